The van der Waals surface area contributed by atoms with Gasteiger partial charge in [0.15, 0.2) is 0 Å². The van der Waals surface area contributed by atoms with Crippen molar-refractivity contribution >= 4 is 26.1 Å². The Labute approximate surface area is 135 Å². The van der Waals surface area contributed by atoms with Crippen molar-refractivity contribution in [3.05, 3.63) is 58.4 Å². The van der Waals surface area contributed by atoms with Crippen molar-refractivity contribution < 1.29 is 12.7 Å². The normalized spacial score (nSPS) is 20.6. The number of oxime groups is 1. The molecule has 2 rings (SSSR count). The summed E-state index contributed by atoms with van der Waals surface area (Å²) in [5, 5.41) is 6.35. The smallest absolute Gasteiger partial charge is 0.267 e. The van der Waals surface area contributed by atoms with E-state index in [2.05, 4.69) is 35.7 Å². The summed E-state index contributed by atoms with van der Waals surface area (Å²) in [6.07, 6.45) is 3.00. The standard InChI is InChI=1S/C16H20NO3S2/c1-3-13-22(18,19)20-17-16-9-6-11-21(16)12-10-15-8-5-4-7-14(15)2/h4-5,7-9,11-12,21H,3,10,13H2,1-2H3. The molecule has 0 aliphatic carbocycles. The molecule has 0 saturated carbocycles. The predicted molar refractivity (Wildman–Crippen MR) is 93.4 cm³/mol. The monoisotopic (exact) mass is 338 g/mol. The van der Waals surface area contributed by atoms with E-state index < -0.39 is 21.0 Å². The SMILES string of the molecule is CCCS(=O)(=O)ON=C1C=C=C[SH]1[CH]Cc1ccccc1C. The number of rotatable bonds is 7. The van der Waals surface area contributed by atoms with Gasteiger partial charge in [0.1, 0.15) is 5.04 Å². The van der Waals surface area contributed by atoms with E-state index in [4.69, 9.17) is 4.28 Å². The van der Waals surface area contributed by atoms with Crippen LogP contribution in [0.25, 0.3) is 0 Å². The summed E-state index contributed by atoms with van der Waals surface area (Å²) >= 11 is 0. The van der Waals surface area contributed by atoms with Crippen LogP contribution in [0.5, 0.6) is 0 Å². The molecule has 0 fully saturated rings. The molecule has 22 heavy (non-hydrogen) atoms. The van der Waals surface area contributed by atoms with Crippen LogP contribution < -0.4 is 0 Å². The predicted octanol–water partition coefficient (Wildman–Crippen LogP) is 3.45. The minimum atomic E-state index is -3.57. The van der Waals surface area contributed by atoms with Crippen LogP contribution in [-0.2, 0) is 20.8 Å². The van der Waals surface area contributed by atoms with Crippen molar-refractivity contribution in [1.29, 1.82) is 0 Å². The van der Waals surface area contributed by atoms with Crippen molar-refractivity contribution in [3.8, 4) is 0 Å². The van der Waals surface area contributed by atoms with E-state index in [1.54, 1.807) is 13.0 Å². The molecule has 0 saturated heterocycles. The zero-order chi connectivity index (χ0) is 16.0. The summed E-state index contributed by atoms with van der Waals surface area (Å²) in [6.45, 7) is 3.86. The number of nitrogens with zero attached hydrogens (tertiary/aromatic N) is 1. The second-order valence-electron chi connectivity index (χ2n) is 4.95. The van der Waals surface area contributed by atoms with E-state index in [1.165, 1.54) is 11.1 Å². The summed E-state index contributed by atoms with van der Waals surface area (Å²) in [5.41, 5.74) is 5.48. The summed E-state index contributed by atoms with van der Waals surface area (Å²) < 4.78 is 27.8. The second kappa shape index (κ2) is 7.68. The Hall–Kier alpha value is -1.49. The molecule has 4 nitrogen and oxygen atoms in total. The minimum absolute atomic E-state index is 0.0221. The Morgan fingerprint density at radius 2 is 2.14 bits per heavy atom. The van der Waals surface area contributed by atoms with E-state index in [9.17, 15) is 8.42 Å². The van der Waals surface area contributed by atoms with Crippen LogP contribution in [0.15, 0.2) is 46.6 Å². The highest BCUT2D eigenvalue weighted by atomic mass is 32.2. The highest BCUT2D eigenvalue weighted by Crippen LogP contribution is 2.37. The Bertz CT molecular complexity index is 717. The lowest BCUT2D eigenvalue weighted by Gasteiger charge is -2.13. The molecule has 0 aromatic heterocycles. The first kappa shape index (κ1) is 16.9. The maximum atomic E-state index is 11.5. The fourth-order valence-corrected chi connectivity index (χ4v) is 4.21. The molecule has 0 bridgehead atoms. The average molecular weight is 338 g/mol. The first-order valence-electron chi connectivity index (χ1n) is 7.10. The number of hydrogen-bond acceptors (Lipinski definition) is 4. The molecular formula is C16H20NO3S2. The lowest BCUT2D eigenvalue weighted by molar-refractivity contribution is 0.340. The Balaban J connectivity index is 1.97. The van der Waals surface area contributed by atoms with Crippen LogP contribution in [0.3, 0.4) is 0 Å². The van der Waals surface area contributed by atoms with Crippen molar-refractivity contribution in [2.45, 2.75) is 26.7 Å². The molecule has 0 amide bonds. The van der Waals surface area contributed by atoms with Gasteiger partial charge in [-0.2, -0.15) is 19.3 Å². The summed E-state index contributed by atoms with van der Waals surface area (Å²) in [5.74, 6) is 2.12. The van der Waals surface area contributed by atoms with Gasteiger partial charge in [0, 0.05) is 11.8 Å². The largest absolute Gasteiger partial charge is 0.328 e. The molecule has 1 aromatic carbocycles. The molecule has 1 aromatic rings. The fourth-order valence-electron chi connectivity index (χ4n) is 1.97. The minimum Gasteiger partial charge on any atom is -0.267 e. The Morgan fingerprint density at radius 1 is 1.36 bits per heavy atom. The molecule has 1 heterocycles. The van der Waals surface area contributed by atoms with Gasteiger partial charge in [-0.3, -0.25) is 4.28 Å². The second-order valence-corrected chi connectivity index (χ2v) is 8.52. The fraction of sp³-hybridized carbons (Fsp3) is 0.312. The van der Waals surface area contributed by atoms with Gasteiger partial charge in [-0.15, -0.1) is 5.73 Å². The molecule has 1 aliphatic heterocycles. The molecule has 1 aliphatic rings. The van der Waals surface area contributed by atoms with Crippen molar-refractivity contribution in [2.24, 2.45) is 5.16 Å². The van der Waals surface area contributed by atoms with E-state index in [1.807, 2.05) is 17.5 Å². The third-order valence-electron chi connectivity index (χ3n) is 3.16. The molecule has 1 unspecified atom stereocenters. The lowest BCUT2D eigenvalue weighted by atomic mass is 10.1. The third kappa shape index (κ3) is 4.77. The lowest BCUT2D eigenvalue weighted by Crippen LogP contribution is -2.07. The molecule has 6 heteroatoms. The average Bonchev–Trinajstić information content (AvgIpc) is 2.92. The van der Waals surface area contributed by atoms with E-state index in [0.29, 0.717) is 11.5 Å². The van der Waals surface area contributed by atoms with Crippen LogP contribution in [0.1, 0.15) is 24.5 Å². The van der Waals surface area contributed by atoms with Crippen LogP contribution in [0.4, 0.5) is 0 Å². The first-order valence-corrected chi connectivity index (χ1v) is 10.2. The molecular weight excluding hydrogens is 318 g/mol. The number of thiol groups is 1. The van der Waals surface area contributed by atoms with Crippen molar-refractivity contribution in [2.75, 3.05) is 5.75 Å². The van der Waals surface area contributed by atoms with Gasteiger partial charge in [-0.05, 0) is 36.3 Å². The van der Waals surface area contributed by atoms with Crippen LogP contribution in [-0.4, -0.2) is 19.2 Å². The van der Waals surface area contributed by atoms with Crippen LogP contribution >= 0.6 is 10.9 Å². The first-order chi connectivity index (χ1) is 10.5. The zero-order valence-corrected chi connectivity index (χ0v) is 14.4. The molecule has 0 spiro atoms. The van der Waals surface area contributed by atoms with E-state index in [0.717, 1.165) is 6.42 Å². The topological polar surface area (TPSA) is 55.7 Å². The quantitative estimate of drug-likeness (QED) is 0.471. The van der Waals surface area contributed by atoms with Gasteiger partial charge in [0.2, 0.25) is 0 Å². The highest BCUT2D eigenvalue weighted by Gasteiger charge is 2.15. The number of hydrogen-bond donors (Lipinski definition) is 1. The summed E-state index contributed by atoms with van der Waals surface area (Å²) in [6, 6.07) is 8.20. The van der Waals surface area contributed by atoms with Gasteiger partial charge in [-0.25, -0.2) is 0 Å². The maximum Gasteiger partial charge on any atom is 0.328 e. The van der Waals surface area contributed by atoms with E-state index >= 15 is 0 Å². The molecule has 1 atom stereocenters. The summed E-state index contributed by atoms with van der Waals surface area (Å²) in [7, 11) is -4.33. The van der Waals surface area contributed by atoms with Crippen LogP contribution in [0.2, 0.25) is 0 Å². The van der Waals surface area contributed by atoms with E-state index in [-0.39, 0.29) is 5.75 Å². The Kier molecular flexibility index (Phi) is 5.89. The van der Waals surface area contributed by atoms with Crippen LogP contribution in [0, 0.1) is 12.7 Å². The highest BCUT2D eigenvalue weighted by molar-refractivity contribution is 8.34. The van der Waals surface area contributed by atoms with Gasteiger partial charge < -0.3 is 0 Å². The molecule has 0 N–H and O–H groups in total. The van der Waals surface area contributed by atoms with Gasteiger partial charge in [-0.1, -0.05) is 36.3 Å². The molecule has 119 valence electrons. The van der Waals surface area contributed by atoms with Gasteiger partial charge in [0.05, 0.1) is 5.75 Å². The van der Waals surface area contributed by atoms with Gasteiger partial charge >= 0.3 is 10.1 Å². The zero-order valence-electron chi connectivity index (χ0n) is 12.7. The van der Waals surface area contributed by atoms with Gasteiger partial charge in [0.25, 0.3) is 0 Å². The third-order valence-corrected chi connectivity index (χ3v) is 6.11. The maximum absolute atomic E-state index is 11.5. The molecule has 1 radical (unpaired) electrons. The number of benzene rings is 1. The summed E-state index contributed by atoms with van der Waals surface area (Å²) in [4.78, 5) is 0. The Morgan fingerprint density at radius 3 is 2.86 bits per heavy atom. The number of aryl methyl sites for hydroxylation is 1. The van der Waals surface area contributed by atoms with Crippen molar-refractivity contribution in [3.63, 3.8) is 0 Å². The van der Waals surface area contributed by atoms with Crippen molar-refractivity contribution in [1.82, 2.24) is 0 Å².